The molecule has 0 saturated carbocycles. The normalized spacial score (nSPS) is 12.8. The van der Waals surface area contributed by atoms with Crippen molar-refractivity contribution in [1.29, 1.82) is 0 Å². The van der Waals surface area contributed by atoms with Gasteiger partial charge in [-0.25, -0.2) is 8.42 Å². The van der Waals surface area contributed by atoms with E-state index in [0.717, 1.165) is 34.1 Å². The molecule has 0 radical (unpaired) electrons. The van der Waals surface area contributed by atoms with E-state index in [9.17, 15) is 13.2 Å². The molecular weight excluding hydrogens is 360 g/mol. The van der Waals surface area contributed by atoms with Crippen LogP contribution >= 0.6 is 0 Å². The van der Waals surface area contributed by atoms with Gasteiger partial charge in [0.15, 0.2) is 0 Å². The molecule has 0 fully saturated rings. The number of nitrogens with one attached hydrogen (secondary N) is 1. The van der Waals surface area contributed by atoms with E-state index in [1.165, 1.54) is 4.31 Å². The fourth-order valence-electron chi connectivity index (χ4n) is 3.02. The van der Waals surface area contributed by atoms with Crippen LogP contribution < -0.4 is 5.32 Å². The maximum Gasteiger partial charge on any atom is 0.235 e. The summed E-state index contributed by atoms with van der Waals surface area (Å²) < 4.78 is 25.5. The van der Waals surface area contributed by atoms with Gasteiger partial charge < -0.3 is 5.32 Å². The highest BCUT2D eigenvalue weighted by Gasteiger charge is 2.22. The van der Waals surface area contributed by atoms with Crippen LogP contribution in [0.1, 0.15) is 40.8 Å². The van der Waals surface area contributed by atoms with Crippen LogP contribution in [0.4, 0.5) is 0 Å². The first-order valence-corrected chi connectivity index (χ1v) is 10.8. The van der Waals surface area contributed by atoms with E-state index in [2.05, 4.69) is 11.4 Å². The Balaban J connectivity index is 2.08. The first-order valence-electron chi connectivity index (χ1n) is 8.93. The Labute approximate surface area is 162 Å². The van der Waals surface area contributed by atoms with Crippen molar-refractivity contribution < 1.29 is 13.2 Å². The summed E-state index contributed by atoms with van der Waals surface area (Å²) in [6.07, 6.45) is 1.13. The predicted octanol–water partition coefficient (Wildman–Crippen LogP) is 3.25. The topological polar surface area (TPSA) is 66.5 Å². The van der Waals surface area contributed by atoms with E-state index < -0.39 is 10.0 Å². The third kappa shape index (κ3) is 6.19. The Morgan fingerprint density at radius 2 is 1.63 bits per heavy atom. The van der Waals surface area contributed by atoms with Crippen LogP contribution in [-0.2, 0) is 21.4 Å². The van der Waals surface area contributed by atoms with Crippen LogP contribution in [0.5, 0.6) is 0 Å². The first kappa shape index (κ1) is 21.1. The van der Waals surface area contributed by atoms with E-state index in [4.69, 9.17) is 0 Å². The van der Waals surface area contributed by atoms with Crippen LogP contribution in [0, 0.1) is 20.8 Å². The molecule has 2 aromatic rings. The van der Waals surface area contributed by atoms with Gasteiger partial charge in [0.05, 0.1) is 18.8 Å². The molecule has 1 atom stereocenters. The number of benzene rings is 2. The molecule has 0 aromatic heterocycles. The zero-order chi connectivity index (χ0) is 20.2. The second kappa shape index (κ2) is 8.67. The number of nitrogens with zero attached hydrogens (tertiary/aromatic N) is 1. The van der Waals surface area contributed by atoms with Crippen molar-refractivity contribution in [3.8, 4) is 0 Å². The average molecular weight is 389 g/mol. The Morgan fingerprint density at radius 1 is 1.04 bits per heavy atom. The number of carbonyl (C=O) groups excluding carboxylic acids is 1. The Kier molecular flexibility index (Phi) is 6.78. The molecule has 1 amide bonds. The second-order valence-electron chi connectivity index (χ2n) is 7.17. The molecule has 0 aliphatic carbocycles. The summed E-state index contributed by atoms with van der Waals surface area (Å²) in [5.41, 5.74) is 5.24. The lowest BCUT2D eigenvalue weighted by Crippen LogP contribution is -2.40. The minimum atomic E-state index is -3.51. The fraction of sp³-hybridized carbons (Fsp3) is 0.381. The van der Waals surface area contributed by atoms with Crippen molar-refractivity contribution in [2.24, 2.45) is 0 Å². The number of hydrogen-bond donors (Lipinski definition) is 1. The van der Waals surface area contributed by atoms with Crippen molar-refractivity contribution in [3.05, 3.63) is 70.3 Å². The van der Waals surface area contributed by atoms with E-state index >= 15 is 0 Å². The van der Waals surface area contributed by atoms with Gasteiger partial charge in [-0.05, 0) is 44.4 Å². The Morgan fingerprint density at radius 3 is 2.19 bits per heavy atom. The van der Waals surface area contributed by atoms with Crippen molar-refractivity contribution in [1.82, 2.24) is 9.62 Å². The second-order valence-corrected chi connectivity index (χ2v) is 9.15. The maximum atomic E-state index is 12.5. The first-order chi connectivity index (χ1) is 12.6. The van der Waals surface area contributed by atoms with Crippen molar-refractivity contribution >= 4 is 15.9 Å². The molecule has 5 nitrogen and oxygen atoms in total. The van der Waals surface area contributed by atoms with E-state index in [0.29, 0.717) is 0 Å². The maximum absolute atomic E-state index is 12.5. The highest BCUT2D eigenvalue weighted by molar-refractivity contribution is 7.88. The molecular formula is C21H28N2O3S. The van der Waals surface area contributed by atoms with Crippen LogP contribution in [0.25, 0.3) is 0 Å². The van der Waals surface area contributed by atoms with Gasteiger partial charge in [-0.1, -0.05) is 53.6 Å². The summed E-state index contributed by atoms with van der Waals surface area (Å²) in [6, 6.07) is 13.5. The lowest BCUT2D eigenvalue weighted by Gasteiger charge is -2.22. The van der Waals surface area contributed by atoms with Crippen LogP contribution in [0.3, 0.4) is 0 Å². The summed E-state index contributed by atoms with van der Waals surface area (Å²) in [7, 11) is -3.51. The standard InChI is InChI=1S/C21H28N2O3S/c1-15-6-9-19(10-7-15)13-23(27(5,25)26)14-21(24)22-18(4)20-11-8-16(2)12-17(20)3/h6-12,18H,13-14H2,1-5H3,(H,22,24)/t18-/m0/s1. The number of sulfonamides is 1. The lowest BCUT2D eigenvalue weighted by molar-refractivity contribution is -0.122. The number of rotatable bonds is 7. The van der Waals surface area contributed by atoms with Crippen LogP contribution in [0.15, 0.2) is 42.5 Å². The lowest BCUT2D eigenvalue weighted by atomic mass is 10.0. The third-order valence-corrected chi connectivity index (χ3v) is 5.73. The van der Waals surface area contributed by atoms with Gasteiger partial charge in [0.25, 0.3) is 0 Å². The average Bonchev–Trinajstić information content (AvgIpc) is 2.55. The number of carbonyl (C=O) groups is 1. The van der Waals surface area contributed by atoms with Gasteiger partial charge in [0, 0.05) is 6.54 Å². The summed E-state index contributed by atoms with van der Waals surface area (Å²) in [5.74, 6) is -0.319. The fourth-order valence-corrected chi connectivity index (χ4v) is 3.76. The molecule has 6 heteroatoms. The molecule has 0 aliphatic heterocycles. The van der Waals surface area contributed by atoms with Crippen molar-refractivity contribution in [2.75, 3.05) is 12.8 Å². The predicted molar refractivity (Wildman–Crippen MR) is 109 cm³/mol. The molecule has 27 heavy (non-hydrogen) atoms. The van der Waals surface area contributed by atoms with Crippen molar-refractivity contribution in [3.63, 3.8) is 0 Å². The summed E-state index contributed by atoms with van der Waals surface area (Å²) in [4.78, 5) is 12.5. The molecule has 0 saturated heterocycles. The molecule has 1 N–H and O–H groups in total. The molecule has 2 aromatic carbocycles. The van der Waals surface area contributed by atoms with Crippen molar-refractivity contribution in [2.45, 2.75) is 40.3 Å². The minimum Gasteiger partial charge on any atom is -0.348 e. The van der Waals surface area contributed by atoms with Gasteiger partial charge in [-0.15, -0.1) is 0 Å². The van der Waals surface area contributed by atoms with E-state index in [1.54, 1.807) is 0 Å². The summed E-state index contributed by atoms with van der Waals surface area (Å²) >= 11 is 0. The highest BCUT2D eigenvalue weighted by Crippen LogP contribution is 2.18. The highest BCUT2D eigenvalue weighted by atomic mass is 32.2. The SMILES string of the molecule is Cc1ccc(CN(CC(=O)N[C@@H](C)c2ccc(C)cc2C)S(C)(=O)=O)cc1. The smallest absolute Gasteiger partial charge is 0.235 e. The zero-order valence-corrected chi connectivity index (χ0v) is 17.4. The Bertz CT molecular complexity index is 906. The number of amides is 1. The largest absolute Gasteiger partial charge is 0.348 e. The van der Waals surface area contributed by atoms with Gasteiger partial charge in [-0.3, -0.25) is 4.79 Å². The third-order valence-electron chi connectivity index (χ3n) is 4.54. The van der Waals surface area contributed by atoms with E-state index in [1.807, 2.05) is 64.1 Å². The molecule has 0 aliphatic rings. The van der Waals surface area contributed by atoms with Gasteiger partial charge in [0.2, 0.25) is 15.9 Å². The summed E-state index contributed by atoms with van der Waals surface area (Å²) in [6.45, 7) is 7.87. The minimum absolute atomic E-state index is 0.171. The van der Waals surface area contributed by atoms with Crippen LogP contribution in [-0.4, -0.2) is 31.4 Å². The Hall–Kier alpha value is -2.18. The molecule has 146 valence electrons. The van der Waals surface area contributed by atoms with E-state index in [-0.39, 0.29) is 25.0 Å². The van der Waals surface area contributed by atoms with Gasteiger partial charge in [-0.2, -0.15) is 4.31 Å². The molecule has 0 bridgehead atoms. The molecule has 0 heterocycles. The summed E-state index contributed by atoms with van der Waals surface area (Å²) in [5, 5.41) is 2.91. The number of aryl methyl sites for hydroxylation is 3. The molecule has 0 unspecified atom stereocenters. The quantitative estimate of drug-likeness (QED) is 0.792. The monoisotopic (exact) mass is 388 g/mol. The van der Waals surface area contributed by atoms with Gasteiger partial charge in [0.1, 0.15) is 0 Å². The molecule has 2 rings (SSSR count). The zero-order valence-electron chi connectivity index (χ0n) is 16.6. The van der Waals surface area contributed by atoms with Gasteiger partial charge >= 0.3 is 0 Å². The number of hydrogen-bond acceptors (Lipinski definition) is 3. The molecule has 0 spiro atoms. The van der Waals surface area contributed by atoms with Crippen LogP contribution in [0.2, 0.25) is 0 Å².